The van der Waals surface area contributed by atoms with Gasteiger partial charge in [-0.3, -0.25) is 9.59 Å². The maximum absolute atomic E-state index is 13.6. The molecule has 1 heterocycles. The second-order valence-corrected chi connectivity index (χ2v) is 12.3. The summed E-state index contributed by atoms with van der Waals surface area (Å²) in [5.41, 5.74) is -1.77. The summed E-state index contributed by atoms with van der Waals surface area (Å²) in [6.07, 6.45) is 4.75. The molecular formula is C28H38O7. The van der Waals surface area contributed by atoms with Gasteiger partial charge in [0.2, 0.25) is 0 Å². The molecule has 0 amide bonds. The number of carbonyl (C=O) groups is 3. The monoisotopic (exact) mass is 486 g/mol. The Labute approximate surface area is 206 Å². The standard InChI is InChI=1S/C28H38O7/c1-14-10-21(35-25(33)17(14)13-29)15(2)24-20(30)12-19-16-11-23(32)28(34)8-5-6-22(31)27(28,4)18(16)7-9-26(19,24)3/h5-6,15-16,18-19,21,23-24,29,32,34H,7-13H2,1-4H3/t15-,16-,18+,19+,21-,23-,24+,26+,27+,28+/m1/s1. The van der Waals surface area contributed by atoms with Crippen molar-refractivity contribution in [1.29, 1.82) is 0 Å². The van der Waals surface area contributed by atoms with Crippen molar-refractivity contribution in [2.45, 2.75) is 84.0 Å². The fraction of sp³-hybridized carbons (Fsp3) is 0.750. The number of esters is 1. The lowest BCUT2D eigenvalue weighted by atomic mass is 9.43. The predicted octanol–water partition coefficient (Wildman–Crippen LogP) is 2.52. The van der Waals surface area contributed by atoms with E-state index in [2.05, 4.69) is 6.92 Å². The normalized spacial score (nSPS) is 48.3. The van der Waals surface area contributed by atoms with Gasteiger partial charge in [0.15, 0.2) is 5.78 Å². The van der Waals surface area contributed by atoms with E-state index in [9.17, 15) is 29.7 Å². The highest BCUT2D eigenvalue weighted by molar-refractivity contribution is 5.97. The summed E-state index contributed by atoms with van der Waals surface area (Å²) in [5.74, 6) is -1.09. The van der Waals surface area contributed by atoms with Gasteiger partial charge in [0.25, 0.3) is 0 Å². The first-order valence-electron chi connectivity index (χ1n) is 13.0. The number of aliphatic hydroxyl groups excluding tert-OH is 2. The van der Waals surface area contributed by atoms with Crippen molar-refractivity contribution in [3.63, 3.8) is 0 Å². The molecule has 0 bridgehead atoms. The Hall–Kier alpha value is -1.83. The highest BCUT2D eigenvalue weighted by Crippen LogP contribution is 2.67. The first-order chi connectivity index (χ1) is 16.4. The molecule has 3 fully saturated rings. The maximum atomic E-state index is 13.6. The lowest BCUT2D eigenvalue weighted by Gasteiger charge is -2.62. The van der Waals surface area contributed by atoms with Crippen LogP contribution in [0, 0.1) is 40.4 Å². The summed E-state index contributed by atoms with van der Waals surface area (Å²) in [5, 5.41) is 32.2. The second kappa shape index (κ2) is 8.09. The third-order valence-electron chi connectivity index (χ3n) is 11.0. The molecule has 10 atom stereocenters. The molecule has 3 N–H and O–H groups in total. The average molecular weight is 487 g/mol. The zero-order valence-corrected chi connectivity index (χ0v) is 21.1. The summed E-state index contributed by atoms with van der Waals surface area (Å²) in [7, 11) is 0. The van der Waals surface area contributed by atoms with E-state index in [4.69, 9.17) is 4.74 Å². The third kappa shape index (κ3) is 3.17. The topological polar surface area (TPSA) is 121 Å². The summed E-state index contributed by atoms with van der Waals surface area (Å²) in [6, 6.07) is 0. The van der Waals surface area contributed by atoms with E-state index in [0.717, 1.165) is 12.0 Å². The summed E-state index contributed by atoms with van der Waals surface area (Å²) in [4.78, 5) is 39.2. The van der Waals surface area contributed by atoms with Gasteiger partial charge in [0, 0.05) is 24.7 Å². The minimum atomic E-state index is -1.48. The summed E-state index contributed by atoms with van der Waals surface area (Å²) in [6.45, 7) is 7.44. The number of rotatable bonds is 3. The number of fused-ring (bicyclic) bond motifs is 5. The van der Waals surface area contributed by atoms with Crippen LogP contribution in [0.4, 0.5) is 0 Å². The van der Waals surface area contributed by atoms with E-state index in [1.165, 1.54) is 0 Å². The second-order valence-electron chi connectivity index (χ2n) is 12.3. The van der Waals surface area contributed by atoms with Crippen molar-refractivity contribution in [1.82, 2.24) is 0 Å². The number of cyclic esters (lactones) is 1. The molecule has 0 radical (unpaired) electrons. The van der Waals surface area contributed by atoms with Crippen LogP contribution in [0.15, 0.2) is 23.3 Å². The summed E-state index contributed by atoms with van der Waals surface area (Å²) >= 11 is 0. The van der Waals surface area contributed by atoms with E-state index in [1.807, 2.05) is 20.8 Å². The quantitative estimate of drug-likeness (QED) is 0.524. The molecule has 0 aromatic heterocycles. The number of ketones is 2. The number of Topliss-reactive ketones (excluding diaryl/α,β-unsaturated/α-hetero) is 1. The molecule has 35 heavy (non-hydrogen) atoms. The van der Waals surface area contributed by atoms with Gasteiger partial charge in [-0.2, -0.15) is 0 Å². The van der Waals surface area contributed by atoms with E-state index in [-0.39, 0.29) is 59.6 Å². The van der Waals surface area contributed by atoms with Crippen LogP contribution in [-0.4, -0.2) is 57.3 Å². The van der Waals surface area contributed by atoms with Gasteiger partial charge in [-0.15, -0.1) is 0 Å². The molecule has 5 aliphatic rings. The van der Waals surface area contributed by atoms with Crippen molar-refractivity contribution < 1.29 is 34.4 Å². The highest BCUT2D eigenvalue weighted by atomic mass is 16.5. The van der Waals surface area contributed by atoms with E-state index < -0.39 is 29.2 Å². The lowest BCUT2D eigenvalue weighted by Crippen LogP contribution is -2.69. The molecule has 0 unspecified atom stereocenters. The Kier molecular flexibility index (Phi) is 5.74. The van der Waals surface area contributed by atoms with Gasteiger partial charge < -0.3 is 20.1 Å². The Morgan fingerprint density at radius 2 is 1.89 bits per heavy atom. The van der Waals surface area contributed by atoms with Crippen LogP contribution < -0.4 is 0 Å². The van der Waals surface area contributed by atoms with Crippen molar-refractivity contribution >= 4 is 17.5 Å². The minimum Gasteiger partial charge on any atom is -0.458 e. The Balaban J connectivity index is 1.46. The van der Waals surface area contributed by atoms with Crippen molar-refractivity contribution in [2.24, 2.45) is 40.4 Å². The van der Waals surface area contributed by atoms with Crippen LogP contribution in [0.25, 0.3) is 0 Å². The SMILES string of the molecule is CC1=C(CO)C(=O)O[C@@H]([C@@H](C)[C@H]2C(=O)C[C@H]3[C@@H]4C[C@@H](O)[C@@]5(O)CC=CC(=O)[C@]5(C)[C@H]4CC[C@]23C)C1. The zero-order valence-electron chi connectivity index (χ0n) is 21.1. The molecular weight excluding hydrogens is 448 g/mol. The van der Waals surface area contributed by atoms with E-state index in [0.29, 0.717) is 31.3 Å². The van der Waals surface area contributed by atoms with Gasteiger partial charge in [-0.1, -0.05) is 25.5 Å². The summed E-state index contributed by atoms with van der Waals surface area (Å²) < 4.78 is 5.71. The van der Waals surface area contributed by atoms with Crippen LogP contribution >= 0.6 is 0 Å². The highest BCUT2D eigenvalue weighted by Gasteiger charge is 2.70. The molecule has 4 aliphatic carbocycles. The number of allylic oxidation sites excluding steroid dienone is 1. The van der Waals surface area contributed by atoms with Crippen LogP contribution in [0.1, 0.15) is 66.2 Å². The Morgan fingerprint density at radius 3 is 2.54 bits per heavy atom. The molecule has 1 aliphatic heterocycles. The molecule has 0 saturated heterocycles. The molecule has 7 heteroatoms. The van der Waals surface area contributed by atoms with Crippen molar-refractivity contribution in [2.75, 3.05) is 6.61 Å². The number of aliphatic hydroxyl groups is 3. The van der Waals surface area contributed by atoms with Crippen LogP contribution in [-0.2, 0) is 19.1 Å². The molecule has 0 aromatic carbocycles. The zero-order chi connectivity index (χ0) is 25.5. The van der Waals surface area contributed by atoms with Crippen molar-refractivity contribution in [3.8, 4) is 0 Å². The minimum absolute atomic E-state index is 0.000125. The van der Waals surface area contributed by atoms with Gasteiger partial charge in [-0.25, -0.2) is 4.79 Å². The van der Waals surface area contributed by atoms with E-state index >= 15 is 0 Å². The average Bonchev–Trinajstić information content (AvgIpc) is 3.06. The molecule has 0 aromatic rings. The van der Waals surface area contributed by atoms with Gasteiger partial charge >= 0.3 is 5.97 Å². The van der Waals surface area contributed by atoms with Crippen LogP contribution in [0.2, 0.25) is 0 Å². The Bertz CT molecular complexity index is 1030. The maximum Gasteiger partial charge on any atom is 0.336 e. The number of ether oxygens (including phenoxy) is 1. The molecule has 192 valence electrons. The fourth-order valence-electron chi connectivity index (χ4n) is 9.00. The third-order valence-corrected chi connectivity index (χ3v) is 11.0. The first kappa shape index (κ1) is 24.8. The molecule has 0 spiro atoms. The van der Waals surface area contributed by atoms with Crippen LogP contribution in [0.5, 0.6) is 0 Å². The first-order valence-corrected chi connectivity index (χ1v) is 13.0. The molecule has 3 saturated carbocycles. The lowest BCUT2D eigenvalue weighted by molar-refractivity contribution is -0.232. The number of carbonyl (C=O) groups excluding carboxylic acids is 3. The smallest absolute Gasteiger partial charge is 0.336 e. The number of hydrogen-bond donors (Lipinski definition) is 3. The number of hydrogen-bond acceptors (Lipinski definition) is 7. The molecule has 7 nitrogen and oxygen atoms in total. The predicted molar refractivity (Wildman–Crippen MR) is 127 cm³/mol. The molecule has 5 rings (SSSR count). The largest absolute Gasteiger partial charge is 0.458 e. The van der Waals surface area contributed by atoms with Gasteiger partial charge in [0.05, 0.1) is 23.7 Å². The fourth-order valence-corrected chi connectivity index (χ4v) is 9.00. The van der Waals surface area contributed by atoms with Gasteiger partial charge in [-0.05, 0) is 68.8 Å². The Morgan fingerprint density at radius 1 is 1.17 bits per heavy atom. The van der Waals surface area contributed by atoms with E-state index in [1.54, 1.807) is 12.2 Å². The van der Waals surface area contributed by atoms with Crippen LogP contribution in [0.3, 0.4) is 0 Å². The van der Waals surface area contributed by atoms with Crippen molar-refractivity contribution in [3.05, 3.63) is 23.3 Å². The van der Waals surface area contributed by atoms with Gasteiger partial charge in [0.1, 0.15) is 17.5 Å².